The quantitative estimate of drug-likeness (QED) is 0.476. The first kappa shape index (κ1) is 25.0. The van der Waals surface area contributed by atoms with Crippen molar-refractivity contribution in [3.8, 4) is 17.2 Å². The van der Waals surface area contributed by atoms with Gasteiger partial charge >= 0.3 is 0 Å². The normalized spacial score (nSPS) is 11.5. The van der Waals surface area contributed by atoms with Crippen LogP contribution in [-0.4, -0.2) is 40.8 Å². The molecule has 0 bridgehead atoms. The van der Waals surface area contributed by atoms with Crippen LogP contribution < -0.4 is 15.0 Å². The summed E-state index contributed by atoms with van der Waals surface area (Å²) >= 11 is 0. The molecule has 0 aliphatic carbocycles. The maximum absolute atomic E-state index is 13.2. The number of ketones is 1. The van der Waals surface area contributed by atoms with Crippen LogP contribution in [-0.2, 0) is 12.0 Å². The summed E-state index contributed by atoms with van der Waals surface area (Å²) in [6.07, 6.45) is -2.82. The number of carbonyl (C=O) groups is 1. The number of carbonyl (C=O) groups excluding carboxylic acids is 1. The van der Waals surface area contributed by atoms with E-state index in [0.717, 1.165) is 4.68 Å². The number of rotatable bonds is 9. The molecule has 0 saturated heterocycles. The van der Waals surface area contributed by atoms with E-state index in [1.807, 2.05) is 0 Å². The van der Waals surface area contributed by atoms with Gasteiger partial charge < -0.3 is 14.6 Å². The Kier molecular flexibility index (Phi) is 7.46. The second-order valence-corrected chi connectivity index (χ2v) is 8.27. The van der Waals surface area contributed by atoms with Gasteiger partial charge in [-0.3, -0.25) is 9.59 Å². The van der Waals surface area contributed by atoms with Gasteiger partial charge in [0.25, 0.3) is 12.0 Å². The van der Waals surface area contributed by atoms with Gasteiger partial charge in [-0.1, -0.05) is 24.3 Å². The molecule has 9 heteroatoms. The number of nitrogens with zero attached hydrogens (tertiary/aromatic N) is 2. The van der Waals surface area contributed by atoms with Crippen LogP contribution in [0.3, 0.4) is 0 Å². The zero-order valence-corrected chi connectivity index (χ0v) is 19.3. The molecular formula is C25H26F2N2O5. The summed E-state index contributed by atoms with van der Waals surface area (Å²) in [5, 5.41) is 14.4. The minimum Gasteiger partial charge on any atom is -0.496 e. The number of Topliss-reactive ketones (excluding diaryl/α,β-unsaturated/α-hetero) is 1. The molecule has 2 aromatic carbocycles. The minimum atomic E-state index is -2.69. The third-order valence-corrected chi connectivity index (χ3v) is 5.14. The fourth-order valence-electron chi connectivity index (χ4n) is 3.43. The van der Waals surface area contributed by atoms with Gasteiger partial charge in [-0.25, -0.2) is 8.78 Å². The number of methoxy groups -OCH3 is 1. The van der Waals surface area contributed by atoms with Crippen molar-refractivity contribution in [3.63, 3.8) is 0 Å². The summed E-state index contributed by atoms with van der Waals surface area (Å²) in [4.78, 5) is 26.3. The lowest BCUT2D eigenvalue weighted by atomic mass is 9.94. The van der Waals surface area contributed by atoms with Crippen LogP contribution in [0.5, 0.6) is 11.5 Å². The van der Waals surface area contributed by atoms with Crippen LogP contribution in [0.25, 0.3) is 5.69 Å². The third kappa shape index (κ3) is 5.66. The second kappa shape index (κ2) is 10.1. The SMILES string of the molecule is COc1cc(C(C)(C)O)ccc1CC(=O)c1cc(C)nn(-c2ccccc2OCC(F)F)c1=O. The fourth-order valence-corrected chi connectivity index (χ4v) is 3.43. The van der Waals surface area contributed by atoms with Crippen LogP contribution in [0.1, 0.15) is 41.0 Å². The van der Waals surface area contributed by atoms with E-state index >= 15 is 0 Å². The fraction of sp³-hybridized carbons (Fsp3) is 0.320. The molecule has 1 aromatic heterocycles. The first-order valence-corrected chi connectivity index (χ1v) is 10.6. The van der Waals surface area contributed by atoms with E-state index in [1.165, 1.54) is 25.3 Å². The van der Waals surface area contributed by atoms with Crippen molar-refractivity contribution < 1.29 is 28.2 Å². The molecule has 3 aromatic rings. The zero-order chi connectivity index (χ0) is 25.0. The summed E-state index contributed by atoms with van der Waals surface area (Å²) in [5.41, 5.74) is -0.204. The number of para-hydroxylation sites is 2. The highest BCUT2D eigenvalue weighted by Crippen LogP contribution is 2.28. The average Bonchev–Trinajstić information content (AvgIpc) is 2.78. The molecule has 0 spiro atoms. The molecule has 180 valence electrons. The van der Waals surface area contributed by atoms with E-state index in [0.29, 0.717) is 22.6 Å². The molecule has 7 nitrogen and oxygen atoms in total. The molecule has 0 fully saturated rings. The Bertz CT molecular complexity index is 1250. The maximum Gasteiger partial charge on any atom is 0.282 e. The Balaban J connectivity index is 1.99. The molecule has 3 rings (SSSR count). The third-order valence-electron chi connectivity index (χ3n) is 5.14. The number of benzene rings is 2. The predicted octanol–water partition coefficient (Wildman–Crippen LogP) is 3.85. The number of hydrogen-bond acceptors (Lipinski definition) is 6. The second-order valence-electron chi connectivity index (χ2n) is 8.27. The van der Waals surface area contributed by atoms with Crippen LogP contribution in [0.4, 0.5) is 8.78 Å². The molecule has 0 saturated carbocycles. The first-order chi connectivity index (χ1) is 16.0. The zero-order valence-electron chi connectivity index (χ0n) is 19.3. The lowest BCUT2D eigenvalue weighted by molar-refractivity contribution is 0.0783. The highest BCUT2D eigenvalue weighted by atomic mass is 19.3. The topological polar surface area (TPSA) is 90.7 Å². The number of aromatic nitrogens is 2. The van der Waals surface area contributed by atoms with Crippen LogP contribution >= 0.6 is 0 Å². The molecule has 0 unspecified atom stereocenters. The Labute approximate surface area is 195 Å². The molecule has 0 amide bonds. The van der Waals surface area contributed by atoms with E-state index < -0.39 is 30.0 Å². The van der Waals surface area contributed by atoms with Gasteiger partial charge in [0, 0.05) is 12.0 Å². The number of hydrogen-bond donors (Lipinski definition) is 1. The van der Waals surface area contributed by atoms with E-state index in [4.69, 9.17) is 9.47 Å². The van der Waals surface area contributed by atoms with Gasteiger partial charge in [-0.05, 0) is 50.6 Å². The molecule has 0 radical (unpaired) electrons. The first-order valence-electron chi connectivity index (χ1n) is 10.6. The van der Waals surface area contributed by atoms with Crippen molar-refractivity contribution in [2.24, 2.45) is 0 Å². The lowest BCUT2D eigenvalue weighted by Crippen LogP contribution is -2.29. The molecule has 0 atom stereocenters. The summed E-state index contributed by atoms with van der Waals surface area (Å²) in [6, 6.07) is 12.5. The molecule has 34 heavy (non-hydrogen) atoms. The summed E-state index contributed by atoms with van der Waals surface area (Å²) < 4.78 is 36.8. The van der Waals surface area contributed by atoms with Gasteiger partial charge in [-0.2, -0.15) is 9.78 Å². The number of ether oxygens (including phenoxy) is 2. The number of aliphatic hydroxyl groups is 1. The van der Waals surface area contributed by atoms with Crippen LogP contribution in [0, 0.1) is 6.92 Å². The van der Waals surface area contributed by atoms with Gasteiger partial charge in [0.2, 0.25) is 0 Å². The number of halogens is 2. The number of aryl methyl sites for hydroxylation is 1. The number of alkyl halides is 2. The van der Waals surface area contributed by atoms with Crippen molar-refractivity contribution in [1.29, 1.82) is 0 Å². The molecule has 1 N–H and O–H groups in total. The van der Waals surface area contributed by atoms with Crippen LogP contribution in [0.2, 0.25) is 0 Å². The summed E-state index contributed by atoms with van der Waals surface area (Å²) in [5.74, 6) is -0.0142. The Morgan fingerprint density at radius 3 is 2.50 bits per heavy atom. The minimum absolute atomic E-state index is 0.0466. The predicted molar refractivity (Wildman–Crippen MR) is 122 cm³/mol. The van der Waals surface area contributed by atoms with Gasteiger partial charge in [0.1, 0.15) is 23.8 Å². The Morgan fingerprint density at radius 1 is 1.15 bits per heavy atom. The van der Waals surface area contributed by atoms with Crippen molar-refractivity contribution >= 4 is 5.78 Å². The Morgan fingerprint density at radius 2 is 1.85 bits per heavy atom. The van der Waals surface area contributed by atoms with Crippen molar-refractivity contribution in [2.75, 3.05) is 13.7 Å². The molecular weight excluding hydrogens is 446 g/mol. The molecule has 0 aliphatic heterocycles. The van der Waals surface area contributed by atoms with Gasteiger partial charge in [0.05, 0.1) is 24.0 Å². The van der Waals surface area contributed by atoms with Crippen molar-refractivity contribution in [1.82, 2.24) is 9.78 Å². The Hall–Kier alpha value is -3.59. The monoisotopic (exact) mass is 472 g/mol. The van der Waals surface area contributed by atoms with E-state index in [1.54, 1.807) is 51.1 Å². The van der Waals surface area contributed by atoms with Gasteiger partial charge in [-0.15, -0.1) is 0 Å². The van der Waals surface area contributed by atoms with Crippen LogP contribution in [0.15, 0.2) is 53.3 Å². The lowest BCUT2D eigenvalue weighted by Gasteiger charge is -2.19. The largest absolute Gasteiger partial charge is 0.496 e. The molecule has 0 aliphatic rings. The maximum atomic E-state index is 13.2. The van der Waals surface area contributed by atoms with Gasteiger partial charge in [0.15, 0.2) is 5.78 Å². The van der Waals surface area contributed by atoms with Crippen molar-refractivity contribution in [2.45, 2.75) is 39.2 Å². The van der Waals surface area contributed by atoms with E-state index in [9.17, 15) is 23.5 Å². The smallest absolute Gasteiger partial charge is 0.282 e. The summed E-state index contributed by atoms with van der Waals surface area (Å²) in [7, 11) is 1.46. The standard InChI is InChI=1S/C25H26F2N2O5/c1-15-11-18(20(30)12-16-9-10-17(25(2,3)32)13-22(16)33-4)24(31)29(28-15)19-7-5-6-8-21(19)34-14-23(26)27/h5-11,13,23,32H,12,14H2,1-4H3. The summed E-state index contributed by atoms with van der Waals surface area (Å²) in [6.45, 7) is 4.05. The highest BCUT2D eigenvalue weighted by Gasteiger charge is 2.22. The molecule has 1 heterocycles. The highest BCUT2D eigenvalue weighted by molar-refractivity contribution is 5.97. The van der Waals surface area contributed by atoms with Crippen molar-refractivity contribution in [3.05, 3.63) is 81.3 Å². The van der Waals surface area contributed by atoms with E-state index in [2.05, 4.69) is 5.10 Å². The van der Waals surface area contributed by atoms with E-state index in [-0.39, 0.29) is 23.4 Å². The average molecular weight is 472 g/mol.